The van der Waals surface area contributed by atoms with Gasteiger partial charge in [0, 0.05) is 12.5 Å². The highest BCUT2D eigenvalue weighted by Crippen LogP contribution is 2.23. The van der Waals surface area contributed by atoms with Crippen LogP contribution in [-0.4, -0.2) is 25.0 Å². The van der Waals surface area contributed by atoms with Crippen LogP contribution in [0.4, 0.5) is 0 Å². The Morgan fingerprint density at radius 3 is 1.83 bits per heavy atom. The van der Waals surface area contributed by atoms with Crippen LogP contribution in [-0.2, 0) is 14.3 Å². The molecule has 1 N–H and O–H groups in total. The van der Waals surface area contributed by atoms with Crippen LogP contribution in [0, 0.1) is 5.92 Å². The van der Waals surface area contributed by atoms with Gasteiger partial charge in [-0.15, -0.1) is 0 Å². The predicted octanol–water partition coefficient (Wildman–Crippen LogP) is 6.71. The van der Waals surface area contributed by atoms with E-state index in [-0.39, 0.29) is 24.2 Å². The Bertz CT molecular complexity index is 405. The minimum atomic E-state index is -0.187. The summed E-state index contributed by atoms with van der Waals surface area (Å²) in [5.41, 5.74) is 0. The van der Waals surface area contributed by atoms with E-state index < -0.39 is 0 Å². The van der Waals surface area contributed by atoms with E-state index in [4.69, 9.17) is 4.74 Å². The fourth-order valence-corrected chi connectivity index (χ4v) is 4.17. The van der Waals surface area contributed by atoms with Crippen molar-refractivity contribution in [3.63, 3.8) is 0 Å². The van der Waals surface area contributed by atoms with E-state index in [9.17, 15) is 9.59 Å². The van der Waals surface area contributed by atoms with E-state index in [1.807, 2.05) is 0 Å². The van der Waals surface area contributed by atoms with Crippen molar-refractivity contribution in [2.75, 3.05) is 13.2 Å². The minimum absolute atomic E-state index is 0.119. The second kappa shape index (κ2) is 18.9. The number of unbranched alkanes of at least 4 members (excludes halogenated alkanes) is 12. The number of hydrogen-bond acceptors (Lipinski definition) is 3. The lowest BCUT2D eigenvalue weighted by molar-refractivity contribution is -0.143. The summed E-state index contributed by atoms with van der Waals surface area (Å²) in [4.78, 5) is 23.8. The van der Waals surface area contributed by atoms with Gasteiger partial charge in [-0.1, -0.05) is 103 Å². The number of ether oxygens (including phenoxy) is 1. The molecule has 0 heterocycles. The zero-order valence-electron chi connectivity index (χ0n) is 19.2. The van der Waals surface area contributed by atoms with Crippen molar-refractivity contribution in [1.29, 1.82) is 0 Å². The summed E-state index contributed by atoms with van der Waals surface area (Å²) in [6, 6.07) is 0. The van der Waals surface area contributed by atoms with Gasteiger partial charge < -0.3 is 10.1 Å². The first-order chi connectivity index (χ1) is 14.2. The largest absolute Gasteiger partial charge is 0.466 e. The van der Waals surface area contributed by atoms with Crippen LogP contribution in [0.5, 0.6) is 0 Å². The Labute approximate surface area is 179 Å². The van der Waals surface area contributed by atoms with Gasteiger partial charge in [0.1, 0.15) is 0 Å². The SMILES string of the molecule is CCCCCCCCCCCCCCCOC(=O)CCNC(=O)C1CCCCC1. The molecule has 0 bridgehead atoms. The first kappa shape index (κ1) is 26.0. The topological polar surface area (TPSA) is 55.4 Å². The van der Waals surface area contributed by atoms with Gasteiger partial charge in [-0.05, 0) is 19.3 Å². The van der Waals surface area contributed by atoms with E-state index in [1.165, 1.54) is 77.0 Å². The molecule has 1 amide bonds. The van der Waals surface area contributed by atoms with E-state index in [2.05, 4.69) is 12.2 Å². The summed E-state index contributed by atoms with van der Waals surface area (Å²) in [7, 11) is 0. The monoisotopic (exact) mass is 409 g/mol. The highest BCUT2D eigenvalue weighted by atomic mass is 16.5. The summed E-state index contributed by atoms with van der Waals surface area (Å²) in [6.45, 7) is 3.20. The third-order valence-electron chi connectivity index (χ3n) is 6.12. The van der Waals surface area contributed by atoms with Crippen LogP contribution in [0.15, 0.2) is 0 Å². The molecule has 0 atom stereocenters. The molecule has 0 unspecified atom stereocenters. The fourth-order valence-electron chi connectivity index (χ4n) is 4.17. The maximum absolute atomic E-state index is 12.0. The molecule has 0 aromatic carbocycles. The summed E-state index contributed by atoms with van der Waals surface area (Å²) < 4.78 is 5.28. The lowest BCUT2D eigenvalue weighted by Crippen LogP contribution is -2.33. The Morgan fingerprint density at radius 2 is 1.28 bits per heavy atom. The summed E-state index contributed by atoms with van der Waals surface area (Å²) in [5.74, 6) is 0.0902. The van der Waals surface area contributed by atoms with Crippen LogP contribution in [0.25, 0.3) is 0 Å². The van der Waals surface area contributed by atoms with Gasteiger partial charge >= 0.3 is 5.97 Å². The standard InChI is InChI=1S/C25H47NO3/c1-2-3-4-5-6-7-8-9-10-11-12-13-17-22-29-24(27)20-21-26-25(28)23-18-15-14-16-19-23/h23H,2-22H2,1H3,(H,26,28). The smallest absolute Gasteiger partial charge is 0.307 e. The average molecular weight is 410 g/mol. The second-order valence-electron chi connectivity index (χ2n) is 8.84. The van der Waals surface area contributed by atoms with Gasteiger partial charge in [-0.3, -0.25) is 9.59 Å². The number of nitrogens with one attached hydrogen (secondary N) is 1. The summed E-state index contributed by atoms with van der Waals surface area (Å²) >= 11 is 0. The first-order valence-corrected chi connectivity index (χ1v) is 12.7. The molecule has 0 radical (unpaired) electrons. The number of hydrogen-bond donors (Lipinski definition) is 1. The molecule has 1 saturated carbocycles. The van der Waals surface area contributed by atoms with Crippen LogP contribution in [0.3, 0.4) is 0 Å². The Kier molecular flexibility index (Phi) is 17.0. The zero-order chi connectivity index (χ0) is 21.0. The molecular weight excluding hydrogens is 362 g/mol. The third kappa shape index (κ3) is 15.4. The molecule has 0 aromatic rings. The van der Waals surface area contributed by atoms with E-state index >= 15 is 0 Å². The quantitative estimate of drug-likeness (QED) is 0.202. The maximum atomic E-state index is 12.0. The molecule has 1 fully saturated rings. The number of rotatable bonds is 18. The maximum Gasteiger partial charge on any atom is 0.307 e. The van der Waals surface area contributed by atoms with Crippen molar-refractivity contribution in [1.82, 2.24) is 5.32 Å². The van der Waals surface area contributed by atoms with Gasteiger partial charge in [0.15, 0.2) is 0 Å². The van der Waals surface area contributed by atoms with E-state index in [0.717, 1.165) is 38.5 Å². The van der Waals surface area contributed by atoms with Gasteiger partial charge in [0.25, 0.3) is 0 Å². The van der Waals surface area contributed by atoms with Crippen molar-refractivity contribution in [3.05, 3.63) is 0 Å². The molecule has 4 nitrogen and oxygen atoms in total. The molecular formula is C25H47NO3. The van der Waals surface area contributed by atoms with Gasteiger partial charge in [0.05, 0.1) is 13.0 Å². The van der Waals surface area contributed by atoms with Crippen molar-refractivity contribution in [3.8, 4) is 0 Å². The molecule has 1 aliphatic carbocycles. The van der Waals surface area contributed by atoms with Crippen molar-refractivity contribution >= 4 is 11.9 Å². The Morgan fingerprint density at radius 1 is 0.759 bits per heavy atom. The number of amides is 1. The molecule has 1 rings (SSSR count). The van der Waals surface area contributed by atoms with Crippen molar-refractivity contribution in [2.24, 2.45) is 5.92 Å². The highest BCUT2D eigenvalue weighted by molar-refractivity contribution is 5.79. The van der Waals surface area contributed by atoms with Crippen LogP contribution in [0.1, 0.15) is 129 Å². The number of esters is 1. The van der Waals surface area contributed by atoms with Crippen LogP contribution >= 0.6 is 0 Å². The lowest BCUT2D eigenvalue weighted by Gasteiger charge is -2.20. The van der Waals surface area contributed by atoms with E-state index in [0.29, 0.717) is 13.2 Å². The summed E-state index contributed by atoms with van der Waals surface area (Å²) in [5, 5.41) is 2.90. The Balaban J connectivity index is 1.79. The molecule has 170 valence electrons. The van der Waals surface area contributed by atoms with E-state index in [1.54, 1.807) is 0 Å². The van der Waals surface area contributed by atoms with Crippen molar-refractivity contribution in [2.45, 2.75) is 129 Å². The van der Waals surface area contributed by atoms with Crippen LogP contribution in [0.2, 0.25) is 0 Å². The number of carbonyl (C=O) groups is 2. The first-order valence-electron chi connectivity index (χ1n) is 12.7. The highest BCUT2D eigenvalue weighted by Gasteiger charge is 2.20. The molecule has 29 heavy (non-hydrogen) atoms. The van der Waals surface area contributed by atoms with Gasteiger partial charge in [-0.25, -0.2) is 0 Å². The molecule has 1 aliphatic rings. The van der Waals surface area contributed by atoms with Gasteiger partial charge in [-0.2, -0.15) is 0 Å². The molecule has 0 saturated heterocycles. The Hall–Kier alpha value is -1.06. The fraction of sp³-hybridized carbons (Fsp3) is 0.920. The van der Waals surface area contributed by atoms with Crippen LogP contribution < -0.4 is 5.32 Å². The second-order valence-corrected chi connectivity index (χ2v) is 8.84. The van der Waals surface area contributed by atoms with Gasteiger partial charge in [0.2, 0.25) is 5.91 Å². The lowest BCUT2D eigenvalue weighted by atomic mass is 9.89. The molecule has 4 heteroatoms. The molecule has 0 aromatic heterocycles. The van der Waals surface area contributed by atoms with Crippen molar-refractivity contribution < 1.29 is 14.3 Å². The average Bonchev–Trinajstić information content (AvgIpc) is 2.74. The normalized spacial score (nSPS) is 14.7. The number of carbonyl (C=O) groups excluding carboxylic acids is 2. The minimum Gasteiger partial charge on any atom is -0.466 e. The molecule has 0 spiro atoms. The molecule has 0 aliphatic heterocycles. The zero-order valence-corrected chi connectivity index (χ0v) is 19.2. The summed E-state index contributed by atoms with van der Waals surface area (Å²) in [6.07, 6.45) is 22.9. The third-order valence-corrected chi connectivity index (χ3v) is 6.12. The predicted molar refractivity (Wildman–Crippen MR) is 121 cm³/mol.